The van der Waals surface area contributed by atoms with Crippen LogP contribution in [-0.2, 0) is 9.59 Å². The zero-order valence-electron chi connectivity index (χ0n) is 19.3. The lowest BCUT2D eigenvalue weighted by molar-refractivity contribution is -0.119. The Balaban J connectivity index is 1.40. The van der Waals surface area contributed by atoms with E-state index >= 15 is 0 Å². The third-order valence-electron chi connectivity index (χ3n) is 5.62. The van der Waals surface area contributed by atoms with E-state index in [4.69, 9.17) is 16.3 Å². The highest BCUT2D eigenvalue weighted by Gasteiger charge is 2.22. The van der Waals surface area contributed by atoms with Gasteiger partial charge >= 0.3 is 0 Å². The molecular formula is C24H30ClFN4O4. The smallest absolute Gasteiger partial charge is 0.238 e. The van der Waals surface area contributed by atoms with Crippen LogP contribution in [0.5, 0.6) is 5.75 Å². The predicted octanol–water partition coefficient (Wildman–Crippen LogP) is 2.74. The molecule has 3 rings (SSSR count). The molecule has 0 saturated carbocycles. The maximum atomic E-state index is 13.7. The van der Waals surface area contributed by atoms with Crippen LogP contribution in [0.4, 0.5) is 15.8 Å². The first-order valence-corrected chi connectivity index (χ1v) is 11.4. The number of β-amino-alcohol motifs (C(OH)–C–C–N with tert-alkyl or cyclic N) is 1. The van der Waals surface area contributed by atoms with Gasteiger partial charge in [0, 0.05) is 43.8 Å². The number of halogens is 2. The number of aliphatic hydroxyl groups excluding tert-OH is 1. The molecule has 0 aliphatic carbocycles. The van der Waals surface area contributed by atoms with Crippen LogP contribution in [-0.4, -0.2) is 79.2 Å². The number of nitrogens with one attached hydrogen (secondary N) is 2. The van der Waals surface area contributed by atoms with Crippen molar-refractivity contribution >= 4 is 34.8 Å². The Morgan fingerprint density at radius 1 is 1.09 bits per heavy atom. The molecule has 1 aliphatic rings. The zero-order valence-corrected chi connectivity index (χ0v) is 20.1. The summed E-state index contributed by atoms with van der Waals surface area (Å²) in [5.74, 6) is -0.615. The molecule has 8 nitrogen and oxygen atoms in total. The molecule has 1 aliphatic heterocycles. The lowest BCUT2D eigenvalue weighted by Gasteiger charge is -2.35. The standard InChI is InChI=1S/C24H30ClFN4O4/c1-16-11-21(22(34-2)13-18(16)25)28-24(33)15-30-9-7-29(8-10-30)14-17(31)12-23(32)27-20-6-4-3-5-19(20)26/h3-6,11,13,17,31H,7-10,12,14-15H2,1-2H3,(H,27,32)(H,28,33). The molecule has 2 aromatic carbocycles. The van der Waals surface area contributed by atoms with Gasteiger partial charge in [0.25, 0.3) is 0 Å². The van der Waals surface area contributed by atoms with Gasteiger partial charge in [0.15, 0.2) is 0 Å². The van der Waals surface area contributed by atoms with Gasteiger partial charge in [0.1, 0.15) is 11.6 Å². The Morgan fingerprint density at radius 3 is 2.41 bits per heavy atom. The van der Waals surface area contributed by atoms with E-state index in [1.54, 1.807) is 24.3 Å². The second-order valence-electron chi connectivity index (χ2n) is 8.31. The summed E-state index contributed by atoms with van der Waals surface area (Å²) in [6.07, 6.45) is -0.999. The van der Waals surface area contributed by atoms with Gasteiger partial charge in [0.2, 0.25) is 11.8 Å². The molecule has 184 valence electrons. The first-order valence-electron chi connectivity index (χ1n) is 11.1. The van der Waals surface area contributed by atoms with Crippen LogP contribution >= 0.6 is 11.6 Å². The molecule has 2 aromatic rings. The fourth-order valence-corrected chi connectivity index (χ4v) is 3.95. The summed E-state index contributed by atoms with van der Waals surface area (Å²) in [6, 6.07) is 9.35. The van der Waals surface area contributed by atoms with Crippen LogP contribution < -0.4 is 15.4 Å². The van der Waals surface area contributed by atoms with E-state index in [0.29, 0.717) is 49.2 Å². The Morgan fingerprint density at radius 2 is 1.74 bits per heavy atom. The molecule has 1 fully saturated rings. The van der Waals surface area contributed by atoms with Crippen molar-refractivity contribution in [2.24, 2.45) is 0 Å². The number of carbonyl (C=O) groups excluding carboxylic acids is 2. The maximum absolute atomic E-state index is 13.7. The van der Waals surface area contributed by atoms with Crippen LogP contribution in [0.3, 0.4) is 0 Å². The second-order valence-corrected chi connectivity index (χ2v) is 8.72. The second kappa shape index (κ2) is 12.1. The number of aliphatic hydroxyl groups is 1. The number of ether oxygens (including phenoxy) is 1. The summed E-state index contributed by atoms with van der Waals surface area (Å²) in [5, 5.41) is 16.2. The zero-order chi connectivity index (χ0) is 24.7. The number of hydrogen-bond donors (Lipinski definition) is 3. The van der Waals surface area contributed by atoms with Crippen molar-refractivity contribution in [3.63, 3.8) is 0 Å². The summed E-state index contributed by atoms with van der Waals surface area (Å²) < 4.78 is 19.0. The normalized spacial score (nSPS) is 15.6. The van der Waals surface area contributed by atoms with Gasteiger partial charge in [-0.3, -0.25) is 19.4 Å². The van der Waals surface area contributed by atoms with E-state index in [1.165, 1.54) is 19.2 Å². The van der Waals surface area contributed by atoms with Gasteiger partial charge in [-0.05, 0) is 30.7 Å². The number of hydrogen-bond acceptors (Lipinski definition) is 6. The molecule has 0 bridgehead atoms. The average Bonchev–Trinajstić information content (AvgIpc) is 2.79. The Bertz CT molecular complexity index is 1010. The number of aryl methyl sites for hydroxylation is 1. The van der Waals surface area contributed by atoms with Crippen molar-refractivity contribution in [1.29, 1.82) is 0 Å². The molecule has 0 aromatic heterocycles. The number of nitrogens with zero attached hydrogens (tertiary/aromatic N) is 2. The van der Waals surface area contributed by atoms with Crippen LogP contribution in [0.2, 0.25) is 5.02 Å². The number of methoxy groups -OCH3 is 1. The van der Waals surface area contributed by atoms with Crippen molar-refractivity contribution in [1.82, 2.24) is 9.80 Å². The molecule has 10 heteroatoms. The molecule has 1 atom stereocenters. The van der Waals surface area contributed by atoms with Crippen molar-refractivity contribution in [3.05, 3.63) is 52.8 Å². The van der Waals surface area contributed by atoms with Gasteiger partial charge < -0.3 is 20.5 Å². The topological polar surface area (TPSA) is 94.1 Å². The van der Waals surface area contributed by atoms with E-state index in [0.717, 1.165) is 5.56 Å². The molecule has 1 saturated heterocycles. The first-order chi connectivity index (χ1) is 16.2. The number of benzene rings is 2. The fraction of sp³-hybridized carbons (Fsp3) is 0.417. The minimum atomic E-state index is -0.873. The molecule has 3 N–H and O–H groups in total. The molecule has 0 radical (unpaired) electrons. The summed E-state index contributed by atoms with van der Waals surface area (Å²) in [5.41, 5.74) is 1.51. The Labute approximate surface area is 203 Å². The summed E-state index contributed by atoms with van der Waals surface area (Å²) in [4.78, 5) is 28.7. The largest absolute Gasteiger partial charge is 0.495 e. The minimum Gasteiger partial charge on any atom is -0.495 e. The molecular weight excluding hydrogens is 463 g/mol. The van der Waals surface area contributed by atoms with Gasteiger partial charge in [-0.2, -0.15) is 0 Å². The number of amides is 2. The highest BCUT2D eigenvalue weighted by atomic mass is 35.5. The van der Waals surface area contributed by atoms with E-state index in [9.17, 15) is 19.1 Å². The van der Waals surface area contributed by atoms with Gasteiger partial charge in [-0.25, -0.2) is 4.39 Å². The van der Waals surface area contributed by atoms with Gasteiger partial charge in [-0.1, -0.05) is 23.7 Å². The van der Waals surface area contributed by atoms with Gasteiger partial charge in [-0.15, -0.1) is 0 Å². The highest BCUT2D eigenvalue weighted by molar-refractivity contribution is 6.31. The van der Waals surface area contributed by atoms with Crippen LogP contribution in [0, 0.1) is 12.7 Å². The Kier molecular flexibility index (Phi) is 9.23. The lowest BCUT2D eigenvalue weighted by Crippen LogP contribution is -2.50. The van der Waals surface area contributed by atoms with Crippen LogP contribution in [0.1, 0.15) is 12.0 Å². The van der Waals surface area contributed by atoms with Gasteiger partial charge in [0.05, 0.1) is 37.6 Å². The van der Waals surface area contributed by atoms with Crippen LogP contribution in [0.15, 0.2) is 36.4 Å². The van der Waals surface area contributed by atoms with Crippen molar-refractivity contribution < 1.29 is 23.8 Å². The van der Waals surface area contributed by atoms with E-state index in [1.807, 2.05) is 16.7 Å². The number of anilines is 2. The third-order valence-corrected chi connectivity index (χ3v) is 6.03. The first kappa shape index (κ1) is 25.9. The summed E-state index contributed by atoms with van der Waals surface area (Å²) in [7, 11) is 1.52. The molecule has 0 spiro atoms. The molecule has 34 heavy (non-hydrogen) atoms. The summed E-state index contributed by atoms with van der Waals surface area (Å²) in [6.45, 7) is 5.02. The minimum absolute atomic E-state index is 0.0953. The molecule has 1 unspecified atom stereocenters. The molecule has 1 heterocycles. The average molecular weight is 493 g/mol. The quantitative estimate of drug-likeness (QED) is 0.498. The van der Waals surface area contributed by atoms with Crippen molar-refractivity contribution in [2.75, 3.05) is 57.0 Å². The maximum Gasteiger partial charge on any atom is 0.238 e. The Hall–Kier alpha value is -2.72. The van der Waals surface area contributed by atoms with Crippen molar-refractivity contribution in [2.45, 2.75) is 19.4 Å². The SMILES string of the molecule is COc1cc(Cl)c(C)cc1NC(=O)CN1CCN(CC(O)CC(=O)Nc2ccccc2F)CC1. The van der Waals surface area contributed by atoms with Crippen LogP contribution in [0.25, 0.3) is 0 Å². The molecule has 2 amide bonds. The van der Waals surface area contributed by atoms with E-state index in [-0.39, 0.29) is 24.6 Å². The number of piperazine rings is 1. The number of rotatable bonds is 9. The number of para-hydroxylation sites is 1. The lowest BCUT2D eigenvalue weighted by atomic mass is 10.2. The van der Waals surface area contributed by atoms with E-state index < -0.39 is 17.8 Å². The van der Waals surface area contributed by atoms with E-state index in [2.05, 4.69) is 10.6 Å². The monoisotopic (exact) mass is 492 g/mol. The summed E-state index contributed by atoms with van der Waals surface area (Å²) >= 11 is 6.12. The highest BCUT2D eigenvalue weighted by Crippen LogP contribution is 2.30. The fourth-order valence-electron chi connectivity index (χ4n) is 3.79. The van der Waals surface area contributed by atoms with Crippen molar-refractivity contribution in [3.8, 4) is 5.75 Å². The number of carbonyl (C=O) groups is 2. The predicted molar refractivity (Wildman–Crippen MR) is 130 cm³/mol. The third kappa shape index (κ3) is 7.39.